The minimum Gasteiger partial charge on any atom is -0.438 e. The highest BCUT2D eigenvalue weighted by atomic mass is 19.4. The van der Waals surface area contributed by atoms with E-state index in [1.807, 2.05) is 0 Å². The molecule has 1 amide bonds. The molecule has 0 saturated carbocycles. The van der Waals surface area contributed by atoms with Crippen LogP contribution in [0.2, 0.25) is 0 Å². The fourth-order valence-corrected chi connectivity index (χ4v) is 3.20. The molecule has 1 N–H and O–H groups in total. The fourth-order valence-electron chi connectivity index (χ4n) is 3.20. The van der Waals surface area contributed by atoms with Crippen molar-refractivity contribution in [2.45, 2.75) is 33.0 Å². The van der Waals surface area contributed by atoms with Gasteiger partial charge in [-0.15, -0.1) is 0 Å². The van der Waals surface area contributed by atoms with Crippen LogP contribution in [0.25, 0.3) is 0 Å². The van der Waals surface area contributed by atoms with Crippen molar-refractivity contribution in [3.05, 3.63) is 76.5 Å². The summed E-state index contributed by atoms with van der Waals surface area (Å²) in [5, 5.41) is 7.07. The molecule has 0 spiro atoms. The Kier molecular flexibility index (Phi) is 6.38. The van der Waals surface area contributed by atoms with E-state index in [1.54, 1.807) is 45.2 Å². The van der Waals surface area contributed by atoms with Gasteiger partial charge in [0, 0.05) is 12.6 Å². The SMILES string of the molecule is CC(=O)c1ccc([C@H](C)NC(=O)c2c(C)nn(C)c2Oc2ccc(C(F)(F)F)cc2)cc1. The normalized spacial score (nSPS) is 12.3. The standard InChI is InChI=1S/C23H22F3N3O3/c1-13(16-5-7-17(8-6-16)15(3)30)27-21(31)20-14(2)28-29(4)22(20)32-19-11-9-18(10-12-19)23(24,25)26/h5-13H,1-4H3,(H,27,31)/t13-/m0/s1. The molecular formula is C23H22F3N3O3. The van der Waals surface area contributed by atoms with Gasteiger partial charge in [0.25, 0.3) is 5.91 Å². The van der Waals surface area contributed by atoms with E-state index in [9.17, 15) is 22.8 Å². The maximum atomic E-state index is 13.0. The number of Topliss-reactive ketones (excluding diaryl/α,β-unsaturated/α-hetero) is 1. The first kappa shape index (κ1) is 23.1. The molecule has 6 nitrogen and oxygen atoms in total. The van der Waals surface area contributed by atoms with Crippen LogP contribution >= 0.6 is 0 Å². The zero-order valence-electron chi connectivity index (χ0n) is 17.9. The topological polar surface area (TPSA) is 73.2 Å². The number of alkyl halides is 3. The number of hydrogen-bond donors (Lipinski definition) is 1. The van der Waals surface area contributed by atoms with Crippen LogP contribution in [0, 0.1) is 6.92 Å². The smallest absolute Gasteiger partial charge is 0.416 e. The van der Waals surface area contributed by atoms with Gasteiger partial charge >= 0.3 is 6.18 Å². The number of amides is 1. The summed E-state index contributed by atoms with van der Waals surface area (Å²) in [6.07, 6.45) is -4.45. The second-order valence-corrected chi connectivity index (χ2v) is 7.39. The lowest BCUT2D eigenvalue weighted by Gasteiger charge is -2.16. The van der Waals surface area contributed by atoms with Crippen molar-refractivity contribution in [3.8, 4) is 11.6 Å². The predicted molar refractivity (Wildman–Crippen MR) is 112 cm³/mol. The Morgan fingerprint density at radius 1 is 1.06 bits per heavy atom. The van der Waals surface area contributed by atoms with Gasteiger partial charge in [0.15, 0.2) is 5.78 Å². The number of aromatic nitrogens is 2. The van der Waals surface area contributed by atoms with Gasteiger partial charge in [-0.25, -0.2) is 4.68 Å². The third-order valence-corrected chi connectivity index (χ3v) is 4.96. The van der Waals surface area contributed by atoms with Crippen molar-refractivity contribution in [3.63, 3.8) is 0 Å². The van der Waals surface area contributed by atoms with Crippen LogP contribution in [-0.4, -0.2) is 21.5 Å². The molecule has 3 rings (SSSR count). The average Bonchev–Trinajstić information content (AvgIpc) is 3.00. The number of benzene rings is 2. The maximum absolute atomic E-state index is 13.0. The van der Waals surface area contributed by atoms with Gasteiger partial charge in [-0.1, -0.05) is 24.3 Å². The number of rotatable bonds is 6. The Labute approximate surface area is 183 Å². The van der Waals surface area contributed by atoms with E-state index in [-0.39, 0.29) is 29.0 Å². The number of aryl methyl sites for hydroxylation is 2. The second-order valence-electron chi connectivity index (χ2n) is 7.39. The van der Waals surface area contributed by atoms with Crippen LogP contribution < -0.4 is 10.1 Å². The summed E-state index contributed by atoms with van der Waals surface area (Å²) in [5.41, 5.74) is 1.16. The molecule has 2 aromatic carbocycles. The predicted octanol–water partition coefficient (Wildman–Crippen LogP) is 5.23. The number of carbonyl (C=O) groups excluding carboxylic acids is 2. The van der Waals surface area contributed by atoms with Crippen LogP contribution in [0.3, 0.4) is 0 Å². The minimum atomic E-state index is -4.45. The van der Waals surface area contributed by atoms with Gasteiger partial charge in [0.2, 0.25) is 5.88 Å². The van der Waals surface area contributed by atoms with E-state index < -0.39 is 17.6 Å². The van der Waals surface area contributed by atoms with Crippen LogP contribution in [-0.2, 0) is 13.2 Å². The molecule has 32 heavy (non-hydrogen) atoms. The molecule has 0 bridgehead atoms. The lowest BCUT2D eigenvalue weighted by molar-refractivity contribution is -0.137. The monoisotopic (exact) mass is 445 g/mol. The number of halogens is 3. The Morgan fingerprint density at radius 3 is 2.19 bits per heavy atom. The molecule has 1 heterocycles. The van der Waals surface area contributed by atoms with E-state index in [1.165, 1.54) is 23.7 Å². The van der Waals surface area contributed by atoms with Gasteiger partial charge in [0.1, 0.15) is 11.3 Å². The first-order valence-electron chi connectivity index (χ1n) is 9.78. The lowest BCUT2D eigenvalue weighted by Crippen LogP contribution is -2.27. The summed E-state index contributed by atoms with van der Waals surface area (Å²) < 4.78 is 45.4. The summed E-state index contributed by atoms with van der Waals surface area (Å²) >= 11 is 0. The van der Waals surface area contributed by atoms with Crippen LogP contribution in [0.1, 0.15) is 57.4 Å². The molecule has 0 radical (unpaired) electrons. The summed E-state index contributed by atoms with van der Waals surface area (Å²) in [6, 6.07) is 10.7. The van der Waals surface area contributed by atoms with E-state index in [0.29, 0.717) is 11.3 Å². The molecule has 0 aliphatic heterocycles. The van der Waals surface area contributed by atoms with Crippen LogP contribution in [0.4, 0.5) is 13.2 Å². The first-order valence-corrected chi connectivity index (χ1v) is 9.78. The van der Waals surface area contributed by atoms with Crippen molar-refractivity contribution in [2.24, 2.45) is 7.05 Å². The average molecular weight is 445 g/mol. The summed E-state index contributed by atoms with van der Waals surface area (Å²) in [4.78, 5) is 24.4. The van der Waals surface area contributed by atoms with Gasteiger partial charge in [-0.2, -0.15) is 18.3 Å². The number of ether oxygens (including phenoxy) is 1. The number of hydrogen-bond acceptors (Lipinski definition) is 4. The largest absolute Gasteiger partial charge is 0.438 e. The molecule has 3 aromatic rings. The molecule has 0 unspecified atom stereocenters. The summed E-state index contributed by atoms with van der Waals surface area (Å²) in [7, 11) is 1.58. The molecule has 1 atom stereocenters. The maximum Gasteiger partial charge on any atom is 0.416 e. The van der Waals surface area contributed by atoms with Crippen LogP contribution in [0.15, 0.2) is 48.5 Å². The molecule has 0 aliphatic rings. The molecule has 0 saturated heterocycles. The van der Waals surface area contributed by atoms with E-state index in [2.05, 4.69) is 10.4 Å². The first-order chi connectivity index (χ1) is 15.0. The van der Waals surface area contributed by atoms with Gasteiger partial charge in [0.05, 0.1) is 17.3 Å². The Balaban J connectivity index is 1.80. The third-order valence-electron chi connectivity index (χ3n) is 4.96. The zero-order chi connectivity index (χ0) is 23.6. The highest BCUT2D eigenvalue weighted by molar-refractivity contribution is 5.98. The Hall–Kier alpha value is -3.62. The molecule has 168 valence electrons. The van der Waals surface area contributed by atoms with Gasteiger partial charge in [-0.3, -0.25) is 9.59 Å². The molecule has 0 aliphatic carbocycles. The lowest BCUT2D eigenvalue weighted by atomic mass is 10.0. The number of nitrogens with one attached hydrogen (secondary N) is 1. The van der Waals surface area contributed by atoms with E-state index in [0.717, 1.165) is 17.7 Å². The Morgan fingerprint density at radius 2 is 1.66 bits per heavy atom. The third kappa shape index (κ3) is 4.99. The number of ketones is 1. The van der Waals surface area contributed by atoms with Crippen molar-refractivity contribution in [1.29, 1.82) is 0 Å². The fraction of sp³-hybridized carbons (Fsp3) is 0.261. The molecule has 1 aromatic heterocycles. The zero-order valence-corrected chi connectivity index (χ0v) is 17.9. The van der Waals surface area contributed by atoms with Gasteiger partial charge in [-0.05, 0) is 50.6 Å². The number of nitrogens with zero attached hydrogens (tertiary/aromatic N) is 2. The van der Waals surface area contributed by atoms with Crippen molar-refractivity contribution < 1.29 is 27.5 Å². The van der Waals surface area contributed by atoms with Crippen molar-refractivity contribution >= 4 is 11.7 Å². The van der Waals surface area contributed by atoms with Gasteiger partial charge < -0.3 is 10.1 Å². The number of carbonyl (C=O) groups is 2. The highest BCUT2D eigenvalue weighted by Gasteiger charge is 2.30. The van der Waals surface area contributed by atoms with Crippen molar-refractivity contribution in [1.82, 2.24) is 15.1 Å². The summed E-state index contributed by atoms with van der Waals surface area (Å²) in [5.74, 6) is -0.244. The summed E-state index contributed by atoms with van der Waals surface area (Å²) in [6.45, 7) is 4.91. The van der Waals surface area contributed by atoms with E-state index >= 15 is 0 Å². The van der Waals surface area contributed by atoms with Crippen LogP contribution in [0.5, 0.6) is 11.6 Å². The minimum absolute atomic E-state index is 0.0516. The highest BCUT2D eigenvalue weighted by Crippen LogP contribution is 2.32. The van der Waals surface area contributed by atoms with Crippen molar-refractivity contribution in [2.75, 3.05) is 0 Å². The molecular weight excluding hydrogens is 423 g/mol. The second kappa shape index (κ2) is 8.86. The van der Waals surface area contributed by atoms with E-state index in [4.69, 9.17) is 4.74 Å². The molecule has 0 fully saturated rings. The quantitative estimate of drug-likeness (QED) is 0.527. The molecule has 9 heteroatoms. The Bertz CT molecular complexity index is 1130.